The number of hydrogen-bond donors (Lipinski definition) is 3. The van der Waals surface area contributed by atoms with Crippen molar-refractivity contribution < 1.29 is 15.0 Å². The van der Waals surface area contributed by atoms with Crippen molar-refractivity contribution in [1.29, 1.82) is 0 Å². The minimum absolute atomic E-state index is 0.0319. The predicted molar refractivity (Wildman–Crippen MR) is 166 cm³/mol. The van der Waals surface area contributed by atoms with E-state index in [-0.39, 0.29) is 12.5 Å². The van der Waals surface area contributed by atoms with Crippen molar-refractivity contribution in [2.45, 2.75) is 206 Å². The van der Waals surface area contributed by atoms with Crippen LogP contribution in [-0.2, 0) is 4.79 Å². The Morgan fingerprint density at radius 2 is 0.842 bits per heavy atom. The Morgan fingerprint density at radius 3 is 1.18 bits per heavy atom. The summed E-state index contributed by atoms with van der Waals surface area (Å²) in [5, 5.41) is 23.0. The fourth-order valence-corrected chi connectivity index (χ4v) is 5.42. The van der Waals surface area contributed by atoms with Crippen molar-refractivity contribution in [2.24, 2.45) is 0 Å². The van der Waals surface area contributed by atoms with Crippen LogP contribution in [0.2, 0.25) is 0 Å². The molecular weight excluding hydrogens is 470 g/mol. The Balaban J connectivity index is 3.54. The van der Waals surface area contributed by atoms with Crippen LogP contribution in [0.1, 0.15) is 194 Å². The molecule has 0 saturated heterocycles. The second-order valence-electron chi connectivity index (χ2n) is 11.9. The number of hydrogen-bond acceptors (Lipinski definition) is 3. The number of rotatable bonds is 31. The SMILES string of the molecule is CCCCCCCCCCCCCCCCCC(O)C(CO)NC(=O)CCCCCCCCCCCCC. The zero-order valence-corrected chi connectivity index (χ0v) is 26.0. The number of carbonyl (C=O) groups is 1. The van der Waals surface area contributed by atoms with E-state index in [4.69, 9.17) is 0 Å². The highest BCUT2D eigenvalue weighted by Crippen LogP contribution is 2.15. The molecule has 0 spiro atoms. The molecule has 4 heteroatoms. The van der Waals surface area contributed by atoms with Gasteiger partial charge in [-0.1, -0.05) is 174 Å². The zero-order chi connectivity index (χ0) is 27.9. The van der Waals surface area contributed by atoms with Gasteiger partial charge in [-0.05, 0) is 12.8 Å². The van der Waals surface area contributed by atoms with Crippen molar-refractivity contribution in [3.63, 3.8) is 0 Å². The number of carbonyl (C=O) groups excluding carboxylic acids is 1. The van der Waals surface area contributed by atoms with Crippen molar-refractivity contribution in [3.8, 4) is 0 Å². The number of amides is 1. The summed E-state index contributed by atoms with van der Waals surface area (Å²) in [7, 11) is 0. The van der Waals surface area contributed by atoms with Crippen LogP contribution in [0, 0.1) is 0 Å². The van der Waals surface area contributed by atoms with Crippen LogP contribution in [0.15, 0.2) is 0 Å². The van der Waals surface area contributed by atoms with E-state index in [9.17, 15) is 15.0 Å². The first-order valence-corrected chi connectivity index (χ1v) is 17.2. The first-order valence-electron chi connectivity index (χ1n) is 17.2. The fraction of sp³-hybridized carbons (Fsp3) is 0.971. The lowest BCUT2D eigenvalue weighted by atomic mass is 10.0. The molecule has 0 fully saturated rings. The van der Waals surface area contributed by atoms with E-state index >= 15 is 0 Å². The van der Waals surface area contributed by atoms with E-state index in [0.717, 1.165) is 25.7 Å². The van der Waals surface area contributed by atoms with E-state index in [1.807, 2.05) is 0 Å². The summed E-state index contributed by atoms with van der Waals surface area (Å²) in [5.74, 6) is -0.0319. The van der Waals surface area contributed by atoms with Crippen molar-refractivity contribution in [2.75, 3.05) is 6.61 Å². The molecule has 3 N–H and O–H groups in total. The van der Waals surface area contributed by atoms with Crippen molar-refractivity contribution >= 4 is 5.91 Å². The van der Waals surface area contributed by atoms with Gasteiger partial charge in [0.1, 0.15) is 0 Å². The molecule has 0 aromatic rings. The van der Waals surface area contributed by atoms with E-state index < -0.39 is 12.1 Å². The molecule has 0 aliphatic rings. The predicted octanol–water partition coefficient (Wildman–Crippen LogP) is 9.79. The van der Waals surface area contributed by atoms with E-state index in [1.165, 1.54) is 141 Å². The molecular formula is C34H69NO3. The molecule has 0 rings (SSSR count). The van der Waals surface area contributed by atoms with Crippen LogP contribution in [-0.4, -0.2) is 34.9 Å². The van der Waals surface area contributed by atoms with E-state index in [2.05, 4.69) is 19.2 Å². The van der Waals surface area contributed by atoms with Gasteiger partial charge in [0.25, 0.3) is 0 Å². The maximum atomic E-state index is 12.3. The van der Waals surface area contributed by atoms with Crippen molar-refractivity contribution in [3.05, 3.63) is 0 Å². The van der Waals surface area contributed by atoms with Crippen LogP contribution in [0.25, 0.3) is 0 Å². The second kappa shape index (κ2) is 30.9. The van der Waals surface area contributed by atoms with Gasteiger partial charge in [0.2, 0.25) is 5.91 Å². The molecule has 0 aromatic heterocycles. The second-order valence-corrected chi connectivity index (χ2v) is 11.9. The lowest BCUT2D eigenvalue weighted by molar-refractivity contribution is -0.123. The lowest BCUT2D eigenvalue weighted by Crippen LogP contribution is -2.45. The Bertz CT molecular complexity index is 471. The summed E-state index contributed by atoms with van der Waals surface area (Å²) < 4.78 is 0. The number of unbranched alkanes of at least 4 members (excludes halogenated alkanes) is 24. The number of aliphatic hydroxyl groups is 2. The highest BCUT2D eigenvalue weighted by atomic mass is 16.3. The Hall–Kier alpha value is -0.610. The third-order valence-electron chi connectivity index (χ3n) is 8.12. The minimum atomic E-state index is -0.650. The molecule has 0 bridgehead atoms. The summed E-state index contributed by atoms with van der Waals surface area (Å²) >= 11 is 0. The Kier molecular flexibility index (Phi) is 30.4. The van der Waals surface area contributed by atoms with Gasteiger partial charge in [0, 0.05) is 6.42 Å². The maximum Gasteiger partial charge on any atom is 0.220 e. The third kappa shape index (κ3) is 27.0. The molecule has 228 valence electrons. The quantitative estimate of drug-likeness (QED) is 0.0768. The lowest BCUT2D eigenvalue weighted by Gasteiger charge is -2.22. The molecule has 2 unspecified atom stereocenters. The molecule has 0 aliphatic heterocycles. The molecule has 0 radical (unpaired) electrons. The van der Waals surface area contributed by atoms with Gasteiger partial charge in [0.05, 0.1) is 18.8 Å². The van der Waals surface area contributed by atoms with Crippen LogP contribution in [0.5, 0.6) is 0 Å². The van der Waals surface area contributed by atoms with Gasteiger partial charge < -0.3 is 15.5 Å². The van der Waals surface area contributed by atoms with Crippen molar-refractivity contribution in [1.82, 2.24) is 5.32 Å². The van der Waals surface area contributed by atoms with Gasteiger partial charge in [0.15, 0.2) is 0 Å². The molecule has 38 heavy (non-hydrogen) atoms. The van der Waals surface area contributed by atoms with Crippen LogP contribution < -0.4 is 5.32 Å². The normalized spacial score (nSPS) is 13.1. The first kappa shape index (κ1) is 37.4. The third-order valence-corrected chi connectivity index (χ3v) is 8.12. The maximum absolute atomic E-state index is 12.3. The largest absolute Gasteiger partial charge is 0.394 e. The van der Waals surface area contributed by atoms with Gasteiger partial charge in [-0.25, -0.2) is 0 Å². The van der Waals surface area contributed by atoms with Gasteiger partial charge in [-0.2, -0.15) is 0 Å². The standard InChI is InChI=1S/C34H69NO3/c1-3-5-7-9-11-13-15-16-17-18-20-21-23-25-27-29-33(37)32(31-36)35-34(38)30-28-26-24-22-19-14-12-10-8-6-4-2/h32-33,36-37H,3-31H2,1-2H3,(H,35,38). The number of aliphatic hydroxyl groups excluding tert-OH is 2. The molecule has 0 aromatic carbocycles. The van der Waals surface area contributed by atoms with Crippen LogP contribution in [0.4, 0.5) is 0 Å². The molecule has 4 nitrogen and oxygen atoms in total. The van der Waals surface area contributed by atoms with Crippen LogP contribution in [0.3, 0.4) is 0 Å². The molecule has 0 saturated carbocycles. The smallest absolute Gasteiger partial charge is 0.220 e. The molecule has 0 aliphatic carbocycles. The average molecular weight is 540 g/mol. The van der Waals surface area contributed by atoms with E-state index in [1.54, 1.807) is 0 Å². The fourth-order valence-electron chi connectivity index (χ4n) is 5.42. The molecule has 1 amide bonds. The summed E-state index contributed by atoms with van der Waals surface area (Å²) in [6, 6.07) is -0.526. The highest BCUT2D eigenvalue weighted by Gasteiger charge is 2.19. The summed E-state index contributed by atoms with van der Waals surface area (Å²) in [6.45, 7) is 4.34. The summed E-state index contributed by atoms with van der Waals surface area (Å²) in [6.07, 6.45) is 34.3. The first-order chi connectivity index (χ1) is 18.7. The Labute approximate surface area is 238 Å². The van der Waals surface area contributed by atoms with E-state index in [0.29, 0.717) is 12.8 Å². The average Bonchev–Trinajstić information content (AvgIpc) is 2.92. The Morgan fingerprint density at radius 1 is 0.526 bits per heavy atom. The summed E-state index contributed by atoms with van der Waals surface area (Å²) in [5.41, 5.74) is 0. The number of nitrogens with one attached hydrogen (secondary N) is 1. The van der Waals surface area contributed by atoms with Gasteiger partial charge in [-0.3, -0.25) is 4.79 Å². The molecule has 0 heterocycles. The minimum Gasteiger partial charge on any atom is -0.394 e. The molecule has 2 atom stereocenters. The topological polar surface area (TPSA) is 69.6 Å². The monoisotopic (exact) mass is 540 g/mol. The van der Waals surface area contributed by atoms with Gasteiger partial charge >= 0.3 is 0 Å². The zero-order valence-electron chi connectivity index (χ0n) is 26.0. The van der Waals surface area contributed by atoms with Gasteiger partial charge in [-0.15, -0.1) is 0 Å². The summed E-state index contributed by atoms with van der Waals surface area (Å²) in [4.78, 5) is 12.3. The van der Waals surface area contributed by atoms with Crippen LogP contribution >= 0.6 is 0 Å². The highest BCUT2D eigenvalue weighted by molar-refractivity contribution is 5.76.